The first-order valence-corrected chi connectivity index (χ1v) is 9.30. The Hall–Kier alpha value is -1.92. The molecule has 6 heteroatoms. The summed E-state index contributed by atoms with van der Waals surface area (Å²) < 4.78 is 26.7. The second kappa shape index (κ2) is 6.68. The topological polar surface area (TPSA) is 62.3 Å². The Labute approximate surface area is 137 Å². The SMILES string of the molecule is Cc1cccc(Nc2ccc(S(=O)(=O)N3CCCCC3)cn2)c1. The van der Waals surface area contributed by atoms with Crippen LogP contribution in [0.3, 0.4) is 0 Å². The predicted molar refractivity (Wildman–Crippen MR) is 91.3 cm³/mol. The minimum Gasteiger partial charge on any atom is -0.340 e. The van der Waals surface area contributed by atoms with E-state index >= 15 is 0 Å². The van der Waals surface area contributed by atoms with E-state index in [2.05, 4.69) is 10.3 Å². The molecule has 1 aliphatic heterocycles. The van der Waals surface area contributed by atoms with E-state index in [0.717, 1.165) is 30.5 Å². The lowest BCUT2D eigenvalue weighted by molar-refractivity contribution is 0.346. The molecule has 1 N–H and O–H groups in total. The molecule has 122 valence electrons. The zero-order chi connectivity index (χ0) is 16.3. The monoisotopic (exact) mass is 331 g/mol. The molecule has 0 aliphatic carbocycles. The van der Waals surface area contributed by atoms with Crippen molar-refractivity contribution in [3.05, 3.63) is 48.2 Å². The van der Waals surface area contributed by atoms with E-state index in [1.807, 2.05) is 31.2 Å². The van der Waals surface area contributed by atoms with Crippen LogP contribution in [0.15, 0.2) is 47.5 Å². The summed E-state index contributed by atoms with van der Waals surface area (Å²) in [4.78, 5) is 4.51. The van der Waals surface area contributed by atoms with Gasteiger partial charge in [-0.05, 0) is 49.6 Å². The van der Waals surface area contributed by atoms with E-state index in [1.165, 1.54) is 6.20 Å². The lowest BCUT2D eigenvalue weighted by atomic mass is 10.2. The van der Waals surface area contributed by atoms with Gasteiger partial charge in [0.1, 0.15) is 10.7 Å². The van der Waals surface area contributed by atoms with Gasteiger partial charge in [-0.2, -0.15) is 4.31 Å². The van der Waals surface area contributed by atoms with Crippen LogP contribution < -0.4 is 5.32 Å². The van der Waals surface area contributed by atoms with Gasteiger partial charge in [-0.15, -0.1) is 0 Å². The van der Waals surface area contributed by atoms with Crippen LogP contribution >= 0.6 is 0 Å². The summed E-state index contributed by atoms with van der Waals surface area (Å²) in [6.45, 7) is 3.23. The van der Waals surface area contributed by atoms with Gasteiger partial charge in [-0.1, -0.05) is 18.6 Å². The molecule has 0 atom stereocenters. The molecule has 0 saturated carbocycles. The van der Waals surface area contributed by atoms with E-state index < -0.39 is 10.0 Å². The summed E-state index contributed by atoms with van der Waals surface area (Å²) in [6.07, 6.45) is 4.39. The van der Waals surface area contributed by atoms with E-state index in [4.69, 9.17) is 0 Å². The predicted octanol–water partition coefficient (Wildman–Crippen LogP) is 3.31. The van der Waals surface area contributed by atoms with Gasteiger partial charge in [0, 0.05) is 25.0 Å². The molecule has 23 heavy (non-hydrogen) atoms. The normalized spacial score (nSPS) is 16.2. The molecule has 1 fully saturated rings. The molecule has 0 amide bonds. The van der Waals surface area contributed by atoms with Crippen LogP contribution in [0, 0.1) is 6.92 Å². The van der Waals surface area contributed by atoms with Crippen molar-refractivity contribution >= 4 is 21.5 Å². The van der Waals surface area contributed by atoms with E-state index in [0.29, 0.717) is 18.9 Å². The minimum absolute atomic E-state index is 0.259. The Bertz CT molecular complexity index is 767. The Morgan fingerprint density at radius 3 is 2.52 bits per heavy atom. The van der Waals surface area contributed by atoms with Crippen molar-refractivity contribution in [2.75, 3.05) is 18.4 Å². The number of nitrogens with zero attached hydrogens (tertiary/aromatic N) is 2. The maximum atomic E-state index is 12.6. The highest BCUT2D eigenvalue weighted by atomic mass is 32.2. The van der Waals surface area contributed by atoms with Crippen molar-refractivity contribution in [2.45, 2.75) is 31.1 Å². The number of benzene rings is 1. The Morgan fingerprint density at radius 2 is 1.87 bits per heavy atom. The number of nitrogens with one attached hydrogen (secondary N) is 1. The summed E-state index contributed by atoms with van der Waals surface area (Å²) >= 11 is 0. The van der Waals surface area contributed by atoms with E-state index in [9.17, 15) is 8.42 Å². The summed E-state index contributed by atoms with van der Waals surface area (Å²) in [7, 11) is -3.42. The number of aryl methyl sites for hydroxylation is 1. The van der Waals surface area contributed by atoms with Crippen molar-refractivity contribution in [3.8, 4) is 0 Å². The number of piperidine rings is 1. The molecular formula is C17H21N3O2S. The lowest BCUT2D eigenvalue weighted by Gasteiger charge is -2.25. The molecule has 0 bridgehead atoms. The summed E-state index contributed by atoms with van der Waals surface area (Å²) in [5, 5.41) is 3.18. The molecule has 1 aliphatic rings. The molecule has 3 rings (SSSR count). The van der Waals surface area contributed by atoms with Crippen LogP contribution in [0.2, 0.25) is 0 Å². The van der Waals surface area contributed by atoms with Crippen LogP contribution in [0.25, 0.3) is 0 Å². The van der Waals surface area contributed by atoms with Crippen LogP contribution in [0.5, 0.6) is 0 Å². The van der Waals surface area contributed by atoms with Crippen LogP contribution in [-0.2, 0) is 10.0 Å². The fraction of sp³-hybridized carbons (Fsp3) is 0.353. The van der Waals surface area contributed by atoms with Crippen molar-refractivity contribution in [3.63, 3.8) is 0 Å². The molecule has 0 radical (unpaired) electrons. The fourth-order valence-electron chi connectivity index (χ4n) is 2.73. The number of hydrogen-bond acceptors (Lipinski definition) is 4. The molecule has 2 heterocycles. The lowest BCUT2D eigenvalue weighted by Crippen LogP contribution is -2.35. The van der Waals surface area contributed by atoms with Gasteiger partial charge in [-0.3, -0.25) is 0 Å². The largest absolute Gasteiger partial charge is 0.340 e. The van der Waals surface area contributed by atoms with E-state index in [1.54, 1.807) is 16.4 Å². The molecule has 1 aromatic heterocycles. The highest BCUT2D eigenvalue weighted by molar-refractivity contribution is 7.89. The molecule has 0 spiro atoms. The van der Waals surface area contributed by atoms with Gasteiger partial charge >= 0.3 is 0 Å². The molecule has 1 saturated heterocycles. The van der Waals surface area contributed by atoms with Gasteiger partial charge < -0.3 is 5.32 Å². The molecule has 0 unspecified atom stereocenters. The van der Waals surface area contributed by atoms with Gasteiger partial charge in [-0.25, -0.2) is 13.4 Å². The third-order valence-corrected chi connectivity index (χ3v) is 5.86. The first kappa shape index (κ1) is 16.0. The zero-order valence-electron chi connectivity index (χ0n) is 13.2. The second-order valence-corrected chi connectivity index (χ2v) is 7.78. The maximum Gasteiger partial charge on any atom is 0.244 e. The van der Waals surface area contributed by atoms with Crippen LogP contribution in [-0.4, -0.2) is 30.8 Å². The number of hydrogen-bond donors (Lipinski definition) is 1. The van der Waals surface area contributed by atoms with Gasteiger partial charge in [0.25, 0.3) is 0 Å². The molecule has 1 aromatic carbocycles. The van der Waals surface area contributed by atoms with Gasteiger partial charge in [0.2, 0.25) is 10.0 Å². The number of anilines is 2. The first-order valence-electron chi connectivity index (χ1n) is 7.86. The number of sulfonamides is 1. The summed E-state index contributed by atoms with van der Waals surface area (Å²) in [6, 6.07) is 11.3. The molecule has 2 aromatic rings. The average Bonchev–Trinajstić information content (AvgIpc) is 2.56. The molecule has 5 nitrogen and oxygen atoms in total. The average molecular weight is 331 g/mol. The highest BCUT2D eigenvalue weighted by Crippen LogP contribution is 2.22. The number of rotatable bonds is 4. The van der Waals surface area contributed by atoms with Crippen molar-refractivity contribution in [1.82, 2.24) is 9.29 Å². The second-order valence-electron chi connectivity index (χ2n) is 5.84. The van der Waals surface area contributed by atoms with E-state index in [-0.39, 0.29) is 4.90 Å². The Morgan fingerprint density at radius 1 is 1.09 bits per heavy atom. The standard InChI is InChI=1S/C17H21N3O2S/c1-14-6-5-7-15(12-14)19-17-9-8-16(13-18-17)23(21,22)20-10-3-2-4-11-20/h5-9,12-13H,2-4,10-11H2,1H3,(H,18,19). The van der Waals surface area contributed by atoms with Crippen molar-refractivity contribution < 1.29 is 8.42 Å². The zero-order valence-corrected chi connectivity index (χ0v) is 14.0. The third kappa shape index (κ3) is 3.71. The van der Waals surface area contributed by atoms with Crippen molar-refractivity contribution in [1.29, 1.82) is 0 Å². The van der Waals surface area contributed by atoms with Gasteiger partial charge in [0.15, 0.2) is 0 Å². The van der Waals surface area contributed by atoms with Crippen molar-refractivity contribution in [2.24, 2.45) is 0 Å². The number of pyridine rings is 1. The molecular weight excluding hydrogens is 310 g/mol. The Balaban J connectivity index is 1.76. The minimum atomic E-state index is -3.42. The van der Waals surface area contributed by atoms with Crippen LogP contribution in [0.1, 0.15) is 24.8 Å². The highest BCUT2D eigenvalue weighted by Gasteiger charge is 2.26. The smallest absolute Gasteiger partial charge is 0.244 e. The van der Waals surface area contributed by atoms with Crippen LogP contribution in [0.4, 0.5) is 11.5 Å². The maximum absolute atomic E-state index is 12.6. The summed E-state index contributed by atoms with van der Waals surface area (Å²) in [5.41, 5.74) is 2.09. The van der Waals surface area contributed by atoms with Gasteiger partial charge in [0.05, 0.1) is 0 Å². The first-order chi connectivity index (χ1) is 11.1. The quantitative estimate of drug-likeness (QED) is 0.933. The third-order valence-electron chi connectivity index (χ3n) is 3.98. The fourth-order valence-corrected chi connectivity index (χ4v) is 4.19. The Kier molecular flexibility index (Phi) is 4.63. The summed E-state index contributed by atoms with van der Waals surface area (Å²) in [5.74, 6) is 0.633. The number of aromatic nitrogens is 1.